The second kappa shape index (κ2) is 11.1. The molecule has 3 aliphatic rings. The van der Waals surface area contributed by atoms with Gasteiger partial charge in [0, 0.05) is 29.6 Å². The molecule has 0 bridgehead atoms. The Morgan fingerprint density at radius 3 is 2.42 bits per heavy atom. The number of phenolic OH excluding ortho intramolecular Hbond substituents is 1. The number of anilines is 1. The fourth-order valence-corrected chi connectivity index (χ4v) is 7.06. The number of nitrogens with zero attached hydrogens (tertiary/aromatic N) is 1. The van der Waals surface area contributed by atoms with Gasteiger partial charge in [0.05, 0.1) is 11.7 Å². The molecular weight excluding hydrogens is 554 g/mol. The van der Waals surface area contributed by atoms with E-state index in [1.54, 1.807) is 55.4 Å². The smallest absolute Gasteiger partial charge is 0.230 e. The second-order valence-electron chi connectivity index (χ2n) is 11.7. The van der Waals surface area contributed by atoms with Gasteiger partial charge in [0.2, 0.25) is 17.6 Å². The zero-order chi connectivity index (χ0) is 31.4. The molecule has 2 aromatic rings. The lowest BCUT2D eigenvalue weighted by molar-refractivity contribution is -0.184. The number of aliphatic hydroxyl groups is 3. The van der Waals surface area contributed by atoms with Crippen LogP contribution in [0.5, 0.6) is 5.75 Å². The number of phenols is 1. The first kappa shape index (κ1) is 30.1. The lowest BCUT2D eigenvalue weighted by Gasteiger charge is -2.53. The zero-order valence-electron chi connectivity index (χ0n) is 23.9. The molecule has 11 heteroatoms. The van der Waals surface area contributed by atoms with Gasteiger partial charge >= 0.3 is 0 Å². The van der Waals surface area contributed by atoms with Crippen LogP contribution in [0.15, 0.2) is 54.6 Å². The van der Waals surface area contributed by atoms with Crippen LogP contribution in [0, 0.1) is 17.8 Å². The molecule has 5 rings (SSSR count). The minimum atomic E-state index is -2.70. The molecule has 3 aliphatic carbocycles. The molecule has 43 heavy (non-hydrogen) atoms. The highest BCUT2D eigenvalue weighted by Crippen LogP contribution is 2.53. The fraction of sp³-hybridized carbons (Fsp3) is 0.375. The van der Waals surface area contributed by atoms with Crippen molar-refractivity contribution in [2.75, 3.05) is 19.4 Å². The summed E-state index contributed by atoms with van der Waals surface area (Å²) in [5.74, 6) is -7.99. The molecule has 2 aromatic carbocycles. The number of hydrogen-bond acceptors (Lipinski definition) is 9. The highest BCUT2D eigenvalue weighted by molar-refractivity contribution is 6.25. The van der Waals surface area contributed by atoms with E-state index in [1.807, 2.05) is 0 Å². The summed E-state index contributed by atoms with van der Waals surface area (Å²) in [7, 11) is 3.21. The molecule has 2 fully saturated rings. The van der Waals surface area contributed by atoms with Crippen LogP contribution < -0.4 is 11.1 Å². The maximum Gasteiger partial charge on any atom is 0.230 e. The van der Waals surface area contributed by atoms with Gasteiger partial charge in [0.25, 0.3) is 0 Å². The third-order valence-electron chi connectivity index (χ3n) is 9.03. The zero-order valence-corrected chi connectivity index (χ0v) is 23.9. The Kier molecular flexibility index (Phi) is 7.76. The van der Waals surface area contributed by atoms with Crippen molar-refractivity contribution in [3.05, 3.63) is 65.8 Å². The number of likely N-dealkylation sites (N-methyl/N-ethyl adjacent to an activating group) is 1. The molecule has 0 heterocycles. The van der Waals surface area contributed by atoms with Gasteiger partial charge in [-0.25, -0.2) is 0 Å². The monoisotopic (exact) mass is 589 g/mol. The number of carbonyl (C=O) groups is 4. The molecule has 0 radical (unpaired) electrons. The molecule has 0 spiro atoms. The lowest BCUT2D eigenvalue weighted by atomic mass is 9.54. The summed E-state index contributed by atoms with van der Waals surface area (Å²) in [6.45, 7) is 3.62. The minimum Gasteiger partial charge on any atom is -0.507 e. The van der Waals surface area contributed by atoms with Crippen LogP contribution in [0.3, 0.4) is 0 Å². The van der Waals surface area contributed by atoms with Crippen molar-refractivity contribution < 1.29 is 39.6 Å². The van der Waals surface area contributed by atoms with E-state index >= 15 is 0 Å². The van der Waals surface area contributed by atoms with E-state index in [2.05, 4.69) is 11.9 Å². The van der Waals surface area contributed by atoms with Crippen LogP contribution in [0.1, 0.15) is 30.4 Å². The number of allylic oxidation sites excluding steroid dienone is 1. The van der Waals surface area contributed by atoms with Crippen molar-refractivity contribution in [1.29, 1.82) is 0 Å². The first-order chi connectivity index (χ1) is 20.3. The molecule has 7 N–H and O–H groups in total. The van der Waals surface area contributed by atoms with Crippen LogP contribution in [0.25, 0.3) is 16.9 Å². The van der Waals surface area contributed by atoms with E-state index < -0.39 is 58.7 Å². The predicted molar refractivity (Wildman–Crippen MR) is 158 cm³/mol. The van der Waals surface area contributed by atoms with E-state index in [0.29, 0.717) is 29.7 Å². The first-order valence-electron chi connectivity index (χ1n) is 14.1. The number of nitrogens with two attached hydrogens (primary N) is 1. The summed E-state index contributed by atoms with van der Waals surface area (Å²) in [5.41, 5.74) is 5.09. The number of hydrogen-bond donors (Lipinski definition) is 6. The van der Waals surface area contributed by atoms with Gasteiger partial charge in [0.15, 0.2) is 11.4 Å². The summed E-state index contributed by atoms with van der Waals surface area (Å²) in [6, 6.07) is 9.17. The maximum atomic E-state index is 14.0. The number of rotatable bonds is 7. The van der Waals surface area contributed by atoms with E-state index in [0.717, 1.165) is 5.56 Å². The van der Waals surface area contributed by atoms with Crippen molar-refractivity contribution in [2.24, 2.45) is 23.5 Å². The Morgan fingerprint density at radius 2 is 1.81 bits per heavy atom. The fourth-order valence-electron chi connectivity index (χ4n) is 7.06. The number of aliphatic hydroxyl groups excluding tert-OH is 2. The average molecular weight is 590 g/mol. The molecule has 2 amide bonds. The molecule has 2 saturated carbocycles. The Labute approximate surface area is 248 Å². The molecule has 0 aliphatic heterocycles. The van der Waals surface area contributed by atoms with Crippen molar-refractivity contribution in [2.45, 2.75) is 43.4 Å². The highest BCUT2D eigenvalue weighted by Gasteiger charge is 2.67. The summed E-state index contributed by atoms with van der Waals surface area (Å²) < 4.78 is 0. The standard InChI is InChI=1S/C32H35N3O8/c1-4-5-6-22(37)34-17-9-7-15(8-10-17)18-11-12-21(36)24-19(18)13-16-14-20-26(35(2)3)28(39)25(31(33)42)30(41)32(20,43)29(40)23(16)27(24)38/h4,7-12,16,20,25-26,28,36,38-39,43H,1,5-6,13-14H2,2-3H3,(H2,33,42)(H,34,37)/t16-,20-,25?,26-,28?,32-/m1/s1. The topological polar surface area (TPSA) is 190 Å². The number of nitrogens with one attached hydrogen (secondary N) is 1. The number of fused-ring (bicyclic) bond motifs is 3. The van der Waals surface area contributed by atoms with E-state index in [-0.39, 0.29) is 35.6 Å². The number of Topliss-reactive ketones (excluding diaryl/α,β-unsaturated/α-hetero) is 2. The number of primary amides is 1. The van der Waals surface area contributed by atoms with Crippen LogP contribution in [0.2, 0.25) is 0 Å². The molecule has 226 valence electrons. The van der Waals surface area contributed by atoms with Crippen LogP contribution in [0.4, 0.5) is 5.69 Å². The number of amides is 2. The van der Waals surface area contributed by atoms with Crippen molar-refractivity contribution in [1.82, 2.24) is 4.90 Å². The van der Waals surface area contributed by atoms with Gasteiger partial charge in [-0.05, 0) is 74.2 Å². The summed E-state index contributed by atoms with van der Waals surface area (Å²) in [4.78, 5) is 53.3. The largest absolute Gasteiger partial charge is 0.507 e. The highest BCUT2D eigenvalue weighted by atomic mass is 16.3. The third kappa shape index (κ3) is 4.73. The quantitative estimate of drug-likeness (QED) is 0.206. The molecular formula is C32H35N3O8. The Bertz CT molecular complexity index is 1560. The normalized spacial score (nSPS) is 28.2. The second-order valence-corrected chi connectivity index (χ2v) is 11.7. The van der Waals surface area contributed by atoms with Crippen LogP contribution >= 0.6 is 0 Å². The SMILES string of the molecule is C=CCCC(=O)Nc1ccc(-c2ccc(O)c3c2C[C@@H]2C[C@@H]4[C@@H](N(C)C)C(O)C(C(N)=O)C(=O)[C@]4(O)C(=O)C2=C3O)cc1. The third-order valence-corrected chi connectivity index (χ3v) is 9.03. The first-order valence-corrected chi connectivity index (χ1v) is 14.1. The number of benzene rings is 2. The molecule has 0 aromatic heterocycles. The Balaban J connectivity index is 1.57. The number of aromatic hydroxyl groups is 1. The van der Waals surface area contributed by atoms with Crippen molar-refractivity contribution in [3.8, 4) is 16.9 Å². The van der Waals surface area contributed by atoms with Gasteiger partial charge in [-0.1, -0.05) is 24.3 Å². The molecule has 6 atom stereocenters. The number of carbonyl (C=O) groups excluding carboxylic acids is 4. The van der Waals surface area contributed by atoms with Gasteiger partial charge in [0.1, 0.15) is 17.4 Å². The summed E-state index contributed by atoms with van der Waals surface area (Å²) in [6.07, 6.45) is 1.19. The maximum absolute atomic E-state index is 14.0. The summed E-state index contributed by atoms with van der Waals surface area (Å²) in [5, 5.41) is 47.9. The van der Waals surface area contributed by atoms with Crippen molar-refractivity contribution >= 4 is 34.8 Å². The van der Waals surface area contributed by atoms with E-state index in [4.69, 9.17) is 5.73 Å². The van der Waals surface area contributed by atoms with E-state index in [1.165, 1.54) is 6.07 Å². The van der Waals surface area contributed by atoms with Gasteiger partial charge in [-0.3, -0.25) is 19.2 Å². The molecule has 11 nitrogen and oxygen atoms in total. The van der Waals surface area contributed by atoms with Crippen molar-refractivity contribution in [3.63, 3.8) is 0 Å². The lowest BCUT2D eigenvalue weighted by Crippen LogP contribution is -2.73. The average Bonchev–Trinajstić information content (AvgIpc) is 2.94. The van der Waals surface area contributed by atoms with Crippen LogP contribution in [-0.4, -0.2) is 80.5 Å². The van der Waals surface area contributed by atoms with Crippen LogP contribution in [-0.2, 0) is 25.6 Å². The Hall–Kier alpha value is -4.32. The predicted octanol–water partition coefficient (Wildman–Crippen LogP) is 1.70. The number of ketones is 2. The summed E-state index contributed by atoms with van der Waals surface area (Å²) >= 11 is 0. The van der Waals surface area contributed by atoms with Gasteiger partial charge in [-0.2, -0.15) is 0 Å². The van der Waals surface area contributed by atoms with E-state index in [9.17, 15) is 39.6 Å². The Morgan fingerprint density at radius 1 is 1.14 bits per heavy atom. The molecule has 2 unspecified atom stereocenters. The van der Waals surface area contributed by atoms with Gasteiger partial charge in [-0.15, -0.1) is 6.58 Å². The molecule has 0 saturated heterocycles. The van der Waals surface area contributed by atoms with Gasteiger partial charge < -0.3 is 36.4 Å². The minimum absolute atomic E-state index is 0.0138.